The van der Waals surface area contributed by atoms with E-state index in [1.54, 1.807) is 18.2 Å². The summed E-state index contributed by atoms with van der Waals surface area (Å²) in [5.74, 6) is 0.485. The Hall–Kier alpha value is -0.700. The van der Waals surface area contributed by atoms with Crippen LogP contribution in [0.4, 0.5) is 0 Å². The van der Waals surface area contributed by atoms with Gasteiger partial charge >= 0.3 is 0 Å². The second kappa shape index (κ2) is 3.22. The first kappa shape index (κ1) is 8.88. The lowest BCUT2D eigenvalue weighted by molar-refractivity contribution is 0.251. The van der Waals surface area contributed by atoms with Crippen molar-refractivity contribution < 1.29 is 9.52 Å². The lowest BCUT2D eigenvalue weighted by Crippen LogP contribution is -1.72. The first-order valence-corrected chi connectivity index (χ1v) is 4.45. The number of hydrogen-bond acceptors (Lipinski definition) is 2. The highest BCUT2D eigenvalue weighted by Gasteiger charge is 2.09. The monoisotopic (exact) mass is 216 g/mol. The fourth-order valence-corrected chi connectivity index (χ4v) is 1.54. The normalized spacial score (nSPS) is 11.0. The molecule has 0 unspecified atom stereocenters. The molecule has 0 spiro atoms. The van der Waals surface area contributed by atoms with Crippen molar-refractivity contribution in [1.29, 1.82) is 0 Å². The summed E-state index contributed by atoms with van der Waals surface area (Å²) in [6.07, 6.45) is 0. The zero-order valence-electron chi connectivity index (χ0n) is 6.55. The lowest BCUT2D eigenvalue weighted by atomic mass is 10.2. The maximum Gasteiger partial charge on any atom is 0.154 e. The zero-order valence-corrected chi connectivity index (χ0v) is 8.06. The third-order valence-electron chi connectivity index (χ3n) is 1.79. The maximum atomic E-state index is 8.83. The zero-order chi connectivity index (χ0) is 9.42. The molecule has 0 saturated carbocycles. The van der Waals surface area contributed by atoms with Crippen LogP contribution in [0.2, 0.25) is 10.0 Å². The molecular formula is C9H6Cl2O2. The van der Waals surface area contributed by atoms with Crippen molar-refractivity contribution in [3.63, 3.8) is 0 Å². The molecule has 2 rings (SSSR count). The fraction of sp³-hybridized carbons (Fsp3) is 0.111. The predicted octanol–water partition coefficient (Wildman–Crippen LogP) is 3.23. The third kappa shape index (κ3) is 1.41. The minimum atomic E-state index is -0.136. The molecule has 2 nitrogen and oxygen atoms in total. The van der Waals surface area contributed by atoms with E-state index >= 15 is 0 Å². The number of fused-ring (bicyclic) bond motifs is 1. The summed E-state index contributed by atoms with van der Waals surface area (Å²) in [6.45, 7) is -0.136. The van der Waals surface area contributed by atoms with E-state index in [-0.39, 0.29) is 6.61 Å². The summed E-state index contributed by atoms with van der Waals surface area (Å²) in [4.78, 5) is 0. The van der Waals surface area contributed by atoms with Gasteiger partial charge < -0.3 is 9.52 Å². The molecule has 4 heteroatoms. The molecule has 13 heavy (non-hydrogen) atoms. The molecule has 0 aliphatic carbocycles. The van der Waals surface area contributed by atoms with Crippen LogP contribution in [-0.2, 0) is 6.61 Å². The minimum absolute atomic E-state index is 0.136. The van der Waals surface area contributed by atoms with Crippen LogP contribution < -0.4 is 0 Å². The molecule has 68 valence electrons. The lowest BCUT2D eigenvalue weighted by Gasteiger charge is -1.94. The van der Waals surface area contributed by atoms with Crippen LogP contribution >= 0.6 is 23.2 Å². The van der Waals surface area contributed by atoms with Gasteiger partial charge in [0.25, 0.3) is 0 Å². The number of rotatable bonds is 1. The van der Waals surface area contributed by atoms with Crippen molar-refractivity contribution >= 4 is 34.2 Å². The van der Waals surface area contributed by atoms with Crippen LogP contribution in [-0.4, -0.2) is 5.11 Å². The molecule has 0 radical (unpaired) electrons. The Kier molecular flexibility index (Phi) is 2.20. The smallest absolute Gasteiger partial charge is 0.154 e. The van der Waals surface area contributed by atoms with Gasteiger partial charge in [0.15, 0.2) is 5.58 Å². The average molecular weight is 217 g/mol. The van der Waals surface area contributed by atoms with E-state index in [0.29, 0.717) is 21.4 Å². The Labute approximate surface area is 84.7 Å². The topological polar surface area (TPSA) is 33.4 Å². The predicted molar refractivity (Wildman–Crippen MR) is 52.2 cm³/mol. The van der Waals surface area contributed by atoms with Crippen LogP contribution in [0.15, 0.2) is 22.6 Å². The van der Waals surface area contributed by atoms with Crippen molar-refractivity contribution in [2.75, 3.05) is 0 Å². The molecule has 0 aliphatic rings. The highest BCUT2D eigenvalue weighted by atomic mass is 35.5. The van der Waals surface area contributed by atoms with Gasteiger partial charge in [-0.25, -0.2) is 0 Å². The summed E-state index contributed by atoms with van der Waals surface area (Å²) in [7, 11) is 0. The first-order valence-electron chi connectivity index (χ1n) is 3.69. The molecule has 0 fully saturated rings. The van der Waals surface area contributed by atoms with E-state index in [1.807, 2.05) is 0 Å². The molecule has 1 aromatic heterocycles. The quantitative estimate of drug-likeness (QED) is 0.795. The Morgan fingerprint density at radius 2 is 2.08 bits per heavy atom. The van der Waals surface area contributed by atoms with Gasteiger partial charge in [-0.15, -0.1) is 0 Å². The van der Waals surface area contributed by atoms with Gasteiger partial charge in [0.05, 0.1) is 5.02 Å². The summed E-state index contributed by atoms with van der Waals surface area (Å²) in [5.41, 5.74) is 0.526. The van der Waals surface area contributed by atoms with Gasteiger partial charge in [-0.1, -0.05) is 23.2 Å². The van der Waals surface area contributed by atoms with Crippen LogP contribution in [0.5, 0.6) is 0 Å². The Bertz CT molecular complexity index is 448. The van der Waals surface area contributed by atoms with Gasteiger partial charge in [-0.3, -0.25) is 0 Å². The SMILES string of the molecule is OCc1cc2ccc(Cl)c(Cl)c2o1. The molecule has 0 saturated heterocycles. The van der Waals surface area contributed by atoms with E-state index in [9.17, 15) is 0 Å². The number of furan rings is 1. The average Bonchev–Trinajstić information content (AvgIpc) is 2.55. The van der Waals surface area contributed by atoms with Gasteiger partial charge in [0, 0.05) is 5.39 Å². The summed E-state index contributed by atoms with van der Waals surface area (Å²) >= 11 is 11.7. The van der Waals surface area contributed by atoms with Crippen molar-refractivity contribution in [1.82, 2.24) is 0 Å². The number of benzene rings is 1. The number of halogens is 2. The molecule has 0 amide bonds. The van der Waals surface area contributed by atoms with Crippen molar-refractivity contribution in [3.05, 3.63) is 34.0 Å². The van der Waals surface area contributed by atoms with Gasteiger partial charge in [-0.2, -0.15) is 0 Å². The number of aliphatic hydroxyl groups excluding tert-OH is 1. The van der Waals surface area contributed by atoms with Crippen molar-refractivity contribution in [2.24, 2.45) is 0 Å². The van der Waals surface area contributed by atoms with Crippen LogP contribution in [0.25, 0.3) is 11.0 Å². The first-order chi connectivity index (χ1) is 6.22. The van der Waals surface area contributed by atoms with Crippen LogP contribution in [0.1, 0.15) is 5.76 Å². The van der Waals surface area contributed by atoms with Gasteiger partial charge in [-0.05, 0) is 18.2 Å². The Morgan fingerprint density at radius 3 is 2.77 bits per heavy atom. The third-order valence-corrected chi connectivity index (χ3v) is 2.57. The van der Waals surface area contributed by atoms with Gasteiger partial charge in [0.2, 0.25) is 0 Å². The van der Waals surface area contributed by atoms with Crippen molar-refractivity contribution in [3.8, 4) is 0 Å². The molecule has 0 aliphatic heterocycles. The molecule has 2 aromatic rings. The molecule has 0 atom stereocenters. The highest BCUT2D eigenvalue weighted by molar-refractivity contribution is 6.44. The maximum absolute atomic E-state index is 8.83. The minimum Gasteiger partial charge on any atom is -0.457 e. The van der Waals surface area contributed by atoms with E-state index in [1.165, 1.54) is 0 Å². The summed E-state index contributed by atoms with van der Waals surface area (Å²) in [6, 6.07) is 5.23. The fourth-order valence-electron chi connectivity index (χ4n) is 1.18. The van der Waals surface area contributed by atoms with E-state index in [2.05, 4.69) is 0 Å². The van der Waals surface area contributed by atoms with Crippen LogP contribution in [0.3, 0.4) is 0 Å². The highest BCUT2D eigenvalue weighted by Crippen LogP contribution is 2.32. The van der Waals surface area contributed by atoms with E-state index in [0.717, 1.165) is 5.39 Å². The Balaban J connectivity index is 2.76. The second-order valence-electron chi connectivity index (χ2n) is 2.65. The summed E-state index contributed by atoms with van der Waals surface area (Å²) in [5, 5.41) is 10.5. The molecular weight excluding hydrogens is 211 g/mol. The summed E-state index contributed by atoms with van der Waals surface area (Å²) < 4.78 is 5.26. The van der Waals surface area contributed by atoms with Crippen LogP contribution in [0, 0.1) is 0 Å². The Morgan fingerprint density at radius 1 is 1.31 bits per heavy atom. The molecule has 1 N–H and O–H groups in total. The number of aliphatic hydroxyl groups is 1. The molecule has 1 aromatic carbocycles. The number of hydrogen-bond donors (Lipinski definition) is 1. The van der Waals surface area contributed by atoms with E-state index < -0.39 is 0 Å². The van der Waals surface area contributed by atoms with E-state index in [4.69, 9.17) is 32.7 Å². The van der Waals surface area contributed by atoms with Crippen molar-refractivity contribution in [2.45, 2.75) is 6.61 Å². The second-order valence-corrected chi connectivity index (χ2v) is 3.44. The molecule has 0 bridgehead atoms. The largest absolute Gasteiger partial charge is 0.457 e. The standard InChI is InChI=1S/C9H6Cl2O2/c10-7-2-1-5-3-6(4-12)13-9(5)8(7)11/h1-3,12H,4H2. The van der Waals surface area contributed by atoms with Gasteiger partial charge in [0.1, 0.15) is 17.4 Å². The molecule has 1 heterocycles.